The summed E-state index contributed by atoms with van der Waals surface area (Å²) in [4.78, 5) is 0. The molecule has 0 aliphatic rings. The Bertz CT molecular complexity index is 194. The second-order valence-electron chi connectivity index (χ2n) is 4.95. The van der Waals surface area contributed by atoms with Crippen molar-refractivity contribution < 1.29 is 0 Å². The largest absolute Gasteiger partial charge is 0.0928 e. The van der Waals surface area contributed by atoms with Gasteiger partial charge in [0.2, 0.25) is 0 Å². The van der Waals surface area contributed by atoms with Crippen molar-refractivity contribution in [3.8, 4) is 0 Å². The van der Waals surface area contributed by atoms with Crippen LogP contribution in [-0.2, 0) is 0 Å². The number of hydrogen-bond acceptors (Lipinski definition) is 0. The summed E-state index contributed by atoms with van der Waals surface area (Å²) in [6.45, 7) is 2.24. The van der Waals surface area contributed by atoms with Gasteiger partial charge in [-0.3, -0.25) is 0 Å². The maximum atomic E-state index is 3.47. The van der Waals surface area contributed by atoms with E-state index in [0.717, 1.165) is 0 Å². The molecule has 0 nitrogen and oxygen atoms in total. The van der Waals surface area contributed by atoms with Gasteiger partial charge in [-0.05, 0) is 25.7 Å². The zero-order valence-corrected chi connectivity index (χ0v) is 13.8. The number of halogens is 1. The van der Waals surface area contributed by atoms with Crippen LogP contribution < -0.4 is 0 Å². The van der Waals surface area contributed by atoms with Crippen molar-refractivity contribution in [2.24, 2.45) is 0 Å². The van der Waals surface area contributed by atoms with Crippen LogP contribution >= 0.6 is 15.9 Å². The van der Waals surface area contributed by atoms with Crippen LogP contribution in [0.1, 0.15) is 77.6 Å². The summed E-state index contributed by atoms with van der Waals surface area (Å²) in [5, 5.41) is 1.17. The lowest BCUT2D eigenvalue weighted by Gasteiger charge is -1.99. The Morgan fingerprint density at radius 2 is 1.17 bits per heavy atom. The molecule has 0 aliphatic heterocycles. The van der Waals surface area contributed by atoms with Crippen LogP contribution in [0.3, 0.4) is 0 Å². The third-order valence-corrected chi connectivity index (χ3v) is 3.67. The molecule has 0 N–H and O–H groups in total. The monoisotopic (exact) mass is 314 g/mol. The predicted octanol–water partition coefficient (Wildman–Crippen LogP) is 6.80. The standard InChI is InChI=1S/C17H31Br/c1-2-3-4-5-6-7-8-9-10-11-12-13-14-15-16-17-18/h5-8H,2-4,9-17H2,1H3/b6-5+,8-7+. The minimum atomic E-state index is 1.17. The predicted molar refractivity (Wildman–Crippen MR) is 88.5 cm³/mol. The van der Waals surface area contributed by atoms with Gasteiger partial charge in [0, 0.05) is 5.33 Å². The molecule has 0 radical (unpaired) electrons. The molecule has 1 heteroatoms. The first kappa shape index (κ1) is 18.0. The summed E-state index contributed by atoms with van der Waals surface area (Å²) in [6.07, 6.45) is 23.9. The highest BCUT2D eigenvalue weighted by Gasteiger charge is 1.90. The number of allylic oxidation sites excluding steroid dienone is 4. The van der Waals surface area contributed by atoms with Crippen LogP contribution in [0, 0.1) is 0 Å². The van der Waals surface area contributed by atoms with Gasteiger partial charge in [0.15, 0.2) is 0 Å². The molecular weight excluding hydrogens is 284 g/mol. The summed E-state index contributed by atoms with van der Waals surface area (Å²) in [7, 11) is 0. The molecule has 0 bridgehead atoms. The lowest BCUT2D eigenvalue weighted by Crippen LogP contribution is -1.80. The fourth-order valence-corrected chi connectivity index (χ4v) is 2.31. The topological polar surface area (TPSA) is 0 Å². The third kappa shape index (κ3) is 16.0. The molecular formula is C17H31Br. The minimum absolute atomic E-state index is 1.17. The van der Waals surface area contributed by atoms with Crippen LogP contribution in [0.5, 0.6) is 0 Å². The van der Waals surface area contributed by atoms with E-state index in [9.17, 15) is 0 Å². The molecule has 18 heavy (non-hydrogen) atoms. The quantitative estimate of drug-likeness (QED) is 0.199. The average molecular weight is 315 g/mol. The maximum Gasteiger partial charge on any atom is 0.00313 e. The van der Waals surface area contributed by atoms with E-state index in [4.69, 9.17) is 0 Å². The maximum absolute atomic E-state index is 3.47. The Balaban J connectivity index is 3.10. The van der Waals surface area contributed by atoms with E-state index in [2.05, 4.69) is 47.2 Å². The van der Waals surface area contributed by atoms with Crippen molar-refractivity contribution in [2.75, 3.05) is 5.33 Å². The van der Waals surface area contributed by atoms with Crippen molar-refractivity contribution in [3.05, 3.63) is 24.3 Å². The van der Waals surface area contributed by atoms with Gasteiger partial charge >= 0.3 is 0 Å². The van der Waals surface area contributed by atoms with Crippen molar-refractivity contribution in [1.29, 1.82) is 0 Å². The average Bonchev–Trinajstić information content (AvgIpc) is 2.39. The van der Waals surface area contributed by atoms with E-state index in [1.807, 2.05) is 0 Å². The van der Waals surface area contributed by atoms with Crippen molar-refractivity contribution in [2.45, 2.75) is 77.6 Å². The van der Waals surface area contributed by atoms with Gasteiger partial charge in [0.25, 0.3) is 0 Å². The number of rotatable bonds is 13. The Labute approximate surface area is 123 Å². The summed E-state index contributed by atoms with van der Waals surface area (Å²) in [5.74, 6) is 0. The fraction of sp³-hybridized carbons (Fsp3) is 0.765. The molecule has 0 atom stereocenters. The summed E-state index contributed by atoms with van der Waals surface area (Å²) in [5.41, 5.74) is 0. The highest BCUT2D eigenvalue weighted by Crippen LogP contribution is 2.09. The molecule has 0 aromatic heterocycles. The van der Waals surface area contributed by atoms with Gasteiger partial charge in [-0.1, -0.05) is 92.1 Å². The van der Waals surface area contributed by atoms with E-state index in [-0.39, 0.29) is 0 Å². The van der Waals surface area contributed by atoms with Crippen LogP contribution in [0.15, 0.2) is 24.3 Å². The Morgan fingerprint density at radius 3 is 1.72 bits per heavy atom. The van der Waals surface area contributed by atoms with Crippen molar-refractivity contribution >= 4 is 15.9 Å². The number of hydrogen-bond donors (Lipinski definition) is 0. The van der Waals surface area contributed by atoms with Crippen LogP contribution in [0.25, 0.3) is 0 Å². The van der Waals surface area contributed by atoms with Gasteiger partial charge < -0.3 is 0 Å². The Hall–Kier alpha value is -0.0400. The smallest absolute Gasteiger partial charge is 0.00313 e. The van der Waals surface area contributed by atoms with Crippen LogP contribution in [0.2, 0.25) is 0 Å². The van der Waals surface area contributed by atoms with E-state index < -0.39 is 0 Å². The molecule has 0 saturated carbocycles. The second-order valence-corrected chi connectivity index (χ2v) is 5.74. The molecule has 0 rings (SSSR count). The molecule has 106 valence electrons. The molecule has 0 aromatic rings. The number of unbranched alkanes of at least 4 members (excludes halogenated alkanes) is 9. The third-order valence-electron chi connectivity index (χ3n) is 3.11. The van der Waals surface area contributed by atoms with Gasteiger partial charge in [0.05, 0.1) is 0 Å². The molecule has 0 unspecified atom stereocenters. The molecule has 0 fully saturated rings. The molecule has 0 heterocycles. The summed E-state index contributed by atoms with van der Waals surface area (Å²) < 4.78 is 0. The second kappa shape index (κ2) is 17.0. The molecule has 0 saturated heterocycles. The summed E-state index contributed by atoms with van der Waals surface area (Å²) >= 11 is 3.47. The van der Waals surface area contributed by atoms with E-state index in [1.165, 1.54) is 76.0 Å². The lowest BCUT2D eigenvalue weighted by molar-refractivity contribution is 0.594. The Kier molecular flexibility index (Phi) is 16.9. The van der Waals surface area contributed by atoms with E-state index in [0.29, 0.717) is 0 Å². The minimum Gasteiger partial charge on any atom is -0.0928 e. The van der Waals surface area contributed by atoms with Gasteiger partial charge in [-0.2, -0.15) is 0 Å². The zero-order valence-electron chi connectivity index (χ0n) is 12.2. The molecule has 0 aliphatic carbocycles. The molecule has 0 spiro atoms. The first-order valence-electron chi connectivity index (χ1n) is 7.79. The Morgan fingerprint density at radius 1 is 0.667 bits per heavy atom. The zero-order chi connectivity index (χ0) is 13.3. The highest BCUT2D eigenvalue weighted by molar-refractivity contribution is 9.09. The normalized spacial score (nSPS) is 11.9. The van der Waals surface area contributed by atoms with Gasteiger partial charge in [0.1, 0.15) is 0 Å². The fourth-order valence-electron chi connectivity index (χ4n) is 1.91. The first-order valence-corrected chi connectivity index (χ1v) is 8.91. The van der Waals surface area contributed by atoms with Crippen molar-refractivity contribution in [1.82, 2.24) is 0 Å². The molecule has 0 amide bonds. The van der Waals surface area contributed by atoms with E-state index in [1.54, 1.807) is 0 Å². The van der Waals surface area contributed by atoms with Gasteiger partial charge in [-0.15, -0.1) is 0 Å². The van der Waals surface area contributed by atoms with E-state index >= 15 is 0 Å². The van der Waals surface area contributed by atoms with Gasteiger partial charge in [-0.25, -0.2) is 0 Å². The molecule has 0 aromatic carbocycles. The van der Waals surface area contributed by atoms with Crippen LogP contribution in [-0.4, -0.2) is 5.33 Å². The summed E-state index contributed by atoms with van der Waals surface area (Å²) in [6, 6.07) is 0. The SMILES string of the molecule is CCCC/C=C/C=C/CCCCCCCCCBr. The number of alkyl halides is 1. The first-order chi connectivity index (χ1) is 8.91. The van der Waals surface area contributed by atoms with Crippen molar-refractivity contribution in [3.63, 3.8) is 0 Å². The van der Waals surface area contributed by atoms with Crippen LogP contribution in [0.4, 0.5) is 0 Å². The lowest BCUT2D eigenvalue weighted by atomic mass is 10.1. The highest BCUT2D eigenvalue weighted by atomic mass is 79.9.